The highest BCUT2D eigenvalue weighted by Crippen LogP contribution is 2.30. The summed E-state index contributed by atoms with van der Waals surface area (Å²) in [5.41, 5.74) is 1.69. The van der Waals surface area contributed by atoms with E-state index < -0.39 is 0 Å². The summed E-state index contributed by atoms with van der Waals surface area (Å²) in [6, 6.07) is 0.583. The maximum atomic E-state index is 4.68. The van der Waals surface area contributed by atoms with Crippen LogP contribution in [-0.2, 0) is 0 Å². The Balaban J connectivity index is 2.04. The van der Waals surface area contributed by atoms with Crippen LogP contribution in [-0.4, -0.2) is 39.6 Å². The van der Waals surface area contributed by atoms with Gasteiger partial charge in [0.25, 0.3) is 0 Å². The molecule has 0 saturated carbocycles. The SMILES string of the molecule is CCCC1CCCCN1c1nc(NC)nc2nc[nH]c12. The number of anilines is 2. The van der Waals surface area contributed by atoms with E-state index in [1.54, 1.807) is 6.33 Å². The Morgan fingerprint density at radius 1 is 1.40 bits per heavy atom. The molecular weight excluding hydrogens is 252 g/mol. The van der Waals surface area contributed by atoms with E-state index in [-0.39, 0.29) is 0 Å². The average Bonchev–Trinajstić information content (AvgIpc) is 2.95. The summed E-state index contributed by atoms with van der Waals surface area (Å²) < 4.78 is 0. The van der Waals surface area contributed by atoms with Crippen molar-refractivity contribution in [3.8, 4) is 0 Å². The van der Waals surface area contributed by atoms with Crippen molar-refractivity contribution in [2.45, 2.75) is 45.1 Å². The first kappa shape index (κ1) is 13.1. The predicted octanol–water partition coefficient (Wildman–Crippen LogP) is 2.55. The second kappa shape index (κ2) is 5.64. The molecular formula is C14H22N6. The van der Waals surface area contributed by atoms with Crippen molar-refractivity contribution >= 4 is 22.9 Å². The van der Waals surface area contributed by atoms with Gasteiger partial charge in [-0.2, -0.15) is 9.97 Å². The third-order valence-electron chi connectivity index (χ3n) is 4.01. The Bertz CT molecular complexity index is 576. The van der Waals surface area contributed by atoms with Crippen LogP contribution in [0.4, 0.5) is 11.8 Å². The molecule has 1 atom stereocenters. The van der Waals surface area contributed by atoms with Crippen LogP contribution >= 0.6 is 0 Å². The maximum absolute atomic E-state index is 4.68. The molecule has 0 aromatic carbocycles. The van der Waals surface area contributed by atoms with E-state index in [1.807, 2.05) is 7.05 Å². The van der Waals surface area contributed by atoms with E-state index >= 15 is 0 Å². The van der Waals surface area contributed by atoms with Crippen LogP contribution in [0.3, 0.4) is 0 Å². The van der Waals surface area contributed by atoms with Crippen LogP contribution in [0.1, 0.15) is 39.0 Å². The summed E-state index contributed by atoms with van der Waals surface area (Å²) in [5, 5.41) is 3.03. The predicted molar refractivity (Wildman–Crippen MR) is 81.1 cm³/mol. The Morgan fingerprint density at radius 2 is 2.30 bits per heavy atom. The maximum Gasteiger partial charge on any atom is 0.226 e. The van der Waals surface area contributed by atoms with Gasteiger partial charge in [-0.15, -0.1) is 0 Å². The van der Waals surface area contributed by atoms with Crippen molar-refractivity contribution in [1.29, 1.82) is 0 Å². The van der Waals surface area contributed by atoms with Crippen molar-refractivity contribution in [2.24, 2.45) is 0 Å². The zero-order valence-electron chi connectivity index (χ0n) is 12.2. The average molecular weight is 274 g/mol. The second-order valence-electron chi connectivity index (χ2n) is 5.35. The van der Waals surface area contributed by atoms with E-state index in [4.69, 9.17) is 0 Å². The third kappa shape index (κ3) is 2.30. The molecule has 0 bridgehead atoms. The van der Waals surface area contributed by atoms with E-state index in [9.17, 15) is 0 Å². The van der Waals surface area contributed by atoms with Crippen LogP contribution in [0, 0.1) is 0 Å². The first-order valence-corrected chi connectivity index (χ1v) is 7.49. The van der Waals surface area contributed by atoms with Crippen molar-refractivity contribution in [3.63, 3.8) is 0 Å². The molecule has 0 amide bonds. The molecule has 1 aliphatic rings. The molecule has 2 aromatic heterocycles. The topological polar surface area (TPSA) is 69.7 Å². The van der Waals surface area contributed by atoms with Gasteiger partial charge in [-0.25, -0.2) is 4.98 Å². The fourth-order valence-electron chi connectivity index (χ4n) is 3.05. The Labute approximate surface area is 119 Å². The lowest BCUT2D eigenvalue weighted by atomic mass is 9.98. The van der Waals surface area contributed by atoms with Crippen molar-refractivity contribution in [1.82, 2.24) is 19.9 Å². The van der Waals surface area contributed by atoms with Gasteiger partial charge < -0.3 is 15.2 Å². The minimum Gasteiger partial charge on any atom is -0.357 e. The third-order valence-corrected chi connectivity index (χ3v) is 4.01. The Kier molecular flexibility index (Phi) is 3.71. The van der Waals surface area contributed by atoms with E-state index in [0.29, 0.717) is 12.0 Å². The van der Waals surface area contributed by atoms with Crippen molar-refractivity contribution in [2.75, 3.05) is 23.8 Å². The minimum absolute atomic E-state index is 0.583. The quantitative estimate of drug-likeness (QED) is 0.896. The Hall–Kier alpha value is -1.85. The number of piperidine rings is 1. The van der Waals surface area contributed by atoms with Crippen LogP contribution in [0.5, 0.6) is 0 Å². The molecule has 2 N–H and O–H groups in total. The smallest absolute Gasteiger partial charge is 0.226 e. The molecule has 0 spiro atoms. The van der Waals surface area contributed by atoms with Gasteiger partial charge in [0.15, 0.2) is 11.5 Å². The van der Waals surface area contributed by atoms with E-state index in [2.05, 4.69) is 37.1 Å². The second-order valence-corrected chi connectivity index (χ2v) is 5.35. The number of nitrogens with one attached hydrogen (secondary N) is 2. The molecule has 0 radical (unpaired) electrons. The summed E-state index contributed by atoms with van der Waals surface area (Å²) >= 11 is 0. The fourth-order valence-corrected chi connectivity index (χ4v) is 3.05. The molecule has 3 heterocycles. The number of aromatic nitrogens is 4. The first-order chi connectivity index (χ1) is 9.83. The molecule has 20 heavy (non-hydrogen) atoms. The number of aromatic amines is 1. The molecule has 108 valence electrons. The standard InChI is InChI=1S/C14H22N6/c1-3-6-10-7-4-5-8-20(10)13-11-12(17-9-16-11)18-14(15-2)19-13/h9-10H,3-8H2,1-2H3,(H2,15,16,17,18,19). The number of fused-ring (bicyclic) bond motifs is 1. The van der Waals surface area contributed by atoms with Gasteiger partial charge in [0, 0.05) is 19.6 Å². The summed E-state index contributed by atoms with van der Waals surface area (Å²) in [6.45, 7) is 3.32. The van der Waals surface area contributed by atoms with Gasteiger partial charge in [-0.1, -0.05) is 13.3 Å². The number of H-pyrrole nitrogens is 1. The van der Waals surface area contributed by atoms with Gasteiger partial charge in [0.2, 0.25) is 5.95 Å². The zero-order valence-corrected chi connectivity index (χ0v) is 12.2. The monoisotopic (exact) mass is 274 g/mol. The summed E-state index contributed by atoms with van der Waals surface area (Å²) in [7, 11) is 1.84. The minimum atomic E-state index is 0.583. The van der Waals surface area contributed by atoms with Gasteiger partial charge in [0.05, 0.1) is 6.33 Å². The molecule has 1 unspecified atom stereocenters. The highest BCUT2D eigenvalue weighted by Gasteiger charge is 2.25. The highest BCUT2D eigenvalue weighted by atomic mass is 15.3. The lowest BCUT2D eigenvalue weighted by Crippen LogP contribution is -2.40. The molecule has 6 heteroatoms. The number of hydrogen-bond donors (Lipinski definition) is 2. The first-order valence-electron chi connectivity index (χ1n) is 7.49. The number of imidazole rings is 1. The lowest BCUT2D eigenvalue weighted by Gasteiger charge is -2.36. The van der Waals surface area contributed by atoms with Crippen LogP contribution < -0.4 is 10.2 Å². The normalized spacial score (nSPS) is 19.5. The van der Waals surface area contributed by atoms with Crippen LogP contribution in [0.25, 0.3) is 11.2 Å². The van der Waals surface area contributed by atoms with Crippen molar-refractivity contribution in [3.05, 3.63) is 6.33 Å². The van der Waals surface area contributed by atoms with Gasteiger partial charge in [0.1, 0.15) is 5.52 Å². The van der Waals surface area contributed by atoms with Crippen LogP contribution in [0.2, 0.25) is 0 Å². The number of nitrogens with zero attached hydrogens (tertiary/aromatic N) is 4. The molecule has 1 aliphatic heterocycles. The van der Waals surface area contributed by atoms with Crippen molar-refractivity contribution < 1.29 is 0 Å². The van der Waals surface area contributed by atoms with E-state index in [0.717, 1.165) is 23.5 Å². The number of hydrogen-bond acceptors (Lipinski definition) is 5. The van der Waals surface area contributed by atoms with Gasteiger partial charge in [-0.05, 0) is 25.7 Å². The van der Waals surface area contributed by atoms with Gasteiger partial charge in [-0.3, -0.25) is 0 Å². The summed E-state index contributed by atoms with van der Waals surface area (Å²) in [5.74, 6) is 1.63. The Morgan fingerprint density at radius 3 is 3.10 bits per heavy atom. The summed E-state index contributed by atoms with van der Waals surface area (Å²) in [6.07, 6.45) is 7.92. The molecule has 2 aromatic rings. The molecule has 6 nitrogen and oxygen atoms in total. The molecule has 1 saturated heterocycles. The number of rotatable bonds is 4. The fraction of sp³-hybridized carbons (Fsp3) is 0.643. The van der Waals surface area contributed by atoms with Gasteiger partial charge >= 0.3 is 0 Å². The highest BCUT2D eigenvalue weighted by molar-refractivity contribution is 5.84. The summed E-state index contributed by atoms with van der Waals surface area (Å²) in [4.78, 5) is 19.0. The van der Waals surface area contributed by atoms with Crippen LogP contribution in [0.15, 0.2) is 6.33 Å². The molecule has 1 fully saturated rings. The lowest BCUT2D eigenvalue weighted by molar-refractivity contribution is 0.432. The zero-order chi connectivity index (χ0) is 13.9. The molecule has 0 aliphatic carbocycles. The molecule has 3 rings (SSSR count). The van der Waals surface area contributed by atoms with E-state index in [1.165, 1.54) is 32.1 Å². The largest absolute Gasteiger partial charge is 0.357 e.